The Hall–Kier alpha value is -2.88. The summed E-state index contributed by atoms with van der Waals surface area (Å²) in [5, 5.41) is 2.29. The molecule has 5 rings (SSSR count). The predicted octanol–water partition coefficient (Wildman–Crippen LogP) is 4.45. The Morgan fingerprint density at radius 1 is 0.926 bits per heavy atom. The topological polar surface area (TPSA) is 42.4 Å². The van der Waals surface area contributed by atoms with Crippen LogP contribution in [0, 0.1) is 0 Å². The van der Waals surface area contributed by atoms with E-state index in [1.807, 2.05) is 42.5 Å². The van der Waals surface area contributed by atoms with E-state index < -0.39 is 0 Å². The van der Waals surface area contributed by atoms with Gasteiger partial charge in [-0.2, -0.15) is 0 Å². The molecule has 2 atom stereocenters. The predicted molar refractivity (Wildman–Crippen MR) is 105 cm³/mol. The molecule has 3 heterocycles. The number of amides is 1. The minimum Gasteiger partial charge on any atom is -0.490 e. The lowest BCUT2D eigenvalue weighted by atomic mass is 9.97. The zero-order valence-corrected chi connectivity index (χ0v) is 15.1. The van der Waals surface area contributed by atoms with E-state index in [1.54, 1.807) is 12.4 Å². The van der Waals surface area contributed by atoms with Gasteiger partial charge in [0.1, 0.15) is 11.9 Å². The maximum Gasteiger partial charge on any atom is 0.254 e. The van der Waals surface area contributed by atoms with E-state index in [1.165, 1.54) is 5.39 Å². The van der Waals surface area contributed by atoms with Crippen LogP contribution in [-0.4, -0.2) is 34.0 Å². The molecule has 3 aromatic rings. The smallest absolute Gasteiger partial charge is 0.254 e. The van der Waals surface area contributed by atoms with Gasteiger partial charge < -0.3 is 9.64 Å². The minimum atomic E-state index is 0.163. The van der Waals surface area contributed by atoms with Crippen LogP contribution < -0.4 is 4.74 Å². The molecular weight excluding hydrogens is 336 g/mol. The second-order valence-electron chi connectivity index (χ2n) is 7.55. The van der Waals surface area contributed by atoms with Crippen LogP contribution in [0.3, 0.4) is 0 Å². The standard InChI is InChI=1S/C23H22N2O2/c26-23(18-6-5-16-3-1-2-4-17(16)13-18)25-19-7-8-20(25)15-22(14-19)27-21-9-11-24-12-10-21/h1-6,9-13,19-20,22H,7-8,14-15H2. The average Bonchev–Trinajstić information content (AvgIpc) is 2.98. The number of aromatic nitrogens is 1. The van der Waals surface area contributed by atoms with E-state index in [9.17, 15) is 4.79 Å². The van der Waals surface area contributed by atoms with E-state index in [0.717, 1.165) is 42.4 Å². The molecule has 4 heteroatoms. The fourth-order valence-corrected chi connectivity index (χ4v) is 4.64. The summed E-state index contributed by atoms with van der Waals surface area (Å²) >= 11 is 0. The van der Waals surface area contributed by atoms with Crippen LogP contribution >= 0.6 is 0 Å². The molecule has 136 valence electrons. The maximum atomic E-state index is 13.2. The first kappa shape index (κ1) is 16.3. The molecule has 0 N–H and O–H groups in total. The highest BCUT2D eigenvalue weighted by Gasteiger charge is 2.44. The van der Waals surface area contributed by atoms with Crippen LogP contribution in [0.4, 0.5) is 0 Å². The Bertz CT molecular complexity index is 958. The van der Waals surface area contributed by atoms with E-state index in [-0.39, 0.29) is 24.1 Å². The largest absolute Gasteiger partial charge is 0.490 e. The quantitative estimate of drug-likeness (QED) is 0.695. The first-order valence-electron chi connectivity index (χ1n) is 9.66. The molecular formula is C23H22N2O2. The summed E-state index contributed by atoms with van der Waals surface area (Å²) in [4.78, 5) is 19.4. The van der Waals surface area contributed by atoms with Gasteiger partial charge >= 0.3 is 0 Å². The summed E-state index contributed by atoms with van der Waals surface area (Å²) in [6.45, 7) is 0. The fraction of sp³-hybridized carbons (Fsp3) is 0.304. The summed E-state index contributed by atoms with van der Waals surface area (Å²) in [5.41, 5.74) is 0.791. The minimum absolute atomic E-state index is 0.163. The van der Waals surface area contributed by atoms with Gasteiger partial charge in [-0.3, -0.25) is 9.78 Å². The van der Waals surface area contributed by atoms with Crippen LogP contribution in [0.25, 0.3) is 10.8 Å². The first-order valence-corrected chi connectivity index (χ1v) is 9.66. The highest BCUT2D eigenvalue weighted by molar-refractivity contribution is 5.99. The third kappa shape index (κ3) is 3.05. The third-order valence-electron chi connectivity index (χ3n) is 5.87. The molecule has 2 aromatic carbocycles. The number of carbonyl (C=O) groups is 1. The molecule has 27 heavy (non-hydrogen) atoms. The van der Waals surface area contributed by atoms with Crippen molar-refractivity contribution in [1.29, 1.82) is 0 Å². The van der Waals surface area contributed by atoms with Gasteiger partial charge in [-0.05, 0) is 47.9 Å². The number of nitrogens with zero attached hydrogens (tertiary/aromatic N) is 2. The second-order valence-corrected chi connectivity index (χ2v) is 7.55. The van der Waals surface area contributed by atoms with Gasteiger partial charge in [0, 0.05) is 42.9 Å². The number of hydrogen-bond donors (Lipinski definition) is 0. The van der Waals surface area contributed by atoms with Crippen LogP contribution in [0.15, 0.2) is 67.0 Å². The van der Waals surface area contributed by atoms with E-state index in [4.69, 9.17) is 4.74 Å². The summed E-state index contributed by atoms with van der Waals surface area (Å²) in [6.07, 6.45) is 7.62. The van der Waals surface area contributed by atoms with Crippen molar-refractivity contribution in [1.82, 2.24) is 9.88 Å². The molecule has 2 saturated heterocycles. The Balaban J connectivity index is 1.34. The van der Waals surface area contributed by atoms with Crippen molar-refractivity contribution in [2.24, 2.45) is 0 Å². The molecule has 0 spiro atoms. The summed E-state index contributed by atoms with van der Waals surface area (Å²) in [6, 6.07) is 18.6. The summed E-state index contributed by atoms with van der Waals surface area (Å²) in [5.74, 6) is 1.03. The van der Waals surface area contributed by atoms with Crippen molar-refractivity contribution >= 4 is 16.7 Å². The van der Waals surface area contributed by atoms with E-state index in [2.05, 4.69) is 22.0 Å². The molecule has 1 aromatic heterocycles. The lowest BCUT2D eigenvalue weighted by molar-refractivity contribution is 0.0359. The zero-order valence-electron chi connectivity index (χ0n) is 15.1. The Morgan fingerprint density at radius 2 is 1.63 bits per heavy atom. The van der Waals surface area contributed by atoms with Crippen LogP contribution in [-0.2, 0) is 0 Å². The SMILES string of the molecule is O=C(c1ccc2ccccc2c1)N1C2CCC1CC(Oc1ccncc1)C2. The van der Waals surface area contributed by atoms with E-state index in [0.29, 0.717) is 0 Å². The number of hydrogen-bond acceptors (Lipinski definition) is 3. The highest BCUT2D eigenvalue weighted by Crippen LogP contribution is 2.38. The molecule has 0 aliphatic carbocycles. The fourth-order valence-electron chi connectivity index (χ4n) is 4.64. The van der Waals surface area contributed by atoms with E-state index >= 15 is 0 Å². The zero-order chi connectivity index (χ0) is 18.2. The van der Waals surface area contributed by atoms with Gasteiger partial charge in [0.05, 0.1) is 0 Å². The van der Waals surface area contributed by atoms with Crippen LogP contribution in [0.5, 0.6) is 5.75 Å². The number of fused-ring (bicyclic) bond motifs is 3. The number of carbonyl (C=O) groups excluding carboxylic acids is 1. The third-order valence-corrected chi connectivity index (χ3v) is 5.87. The molecule has 4 nitrogen and oxygen atoms in total. The van der Waals surface area contributed by atoms with Gasteiger partial charge in [-0.15, -0.1) is 0 Å². The molecule has 2 fully saturated rings. The highest BCUT2D eigenvalue weighted by atomic mass is 16.5. The number of pyridine rings is 1. The second kappa shape index (κ2) is 6.69. The lowest BCUT2D eigenvalue weighted by Gasteiger charge is -2.39. The van der Waals surface area contributed by atoms with Crippen molar-refractivity contribution in [2.45, 2.75) is 43.9 Å². The number of ether oxygens (including phenoxy) is 1. The lowest BCUT2D eigenvalue weighted by Crippen LogP contribution is -2.49. The van der Waals surface area contributed by atoms with Gasteiger partial charge in [-0.25, -0.2) is 0 Å². The Kier molecular flexibility index (Phi) is 4.04. The van der Waals surface area contributed by atoms with Crippen molar-refractivity contribution < 1.29 is 9.53 Å². The van der Waals surface area contributed by atoms with Crippen molar-refractivity contribution in [2.75, 3.05) is 0 Å². The molecule has 2 aliphatic rings. The number of piperidine rings is 1. The monoisotopic (exact) mass is 358 g/mol. The number of rotatable bonds is 3. The molecule has 1 amide bonds. The normalized spacial score (nSPS) is 24.1. The average molecular weight is 358 g/mol. The molecule has 2 aliphatic heterocycles. The molecule has 0 radical (unpaired) electrons. The van der Waals surface area contributed by atoms with Crippen molar-refractivity contribution in [3.63, 3.8) is 0 Å². The van der Waals surface area contributed by atoms with Gasteiger partial charge in [0.25, 0.3) is 5.91 Å². The molecule has 2 bridgehead atoms. The van der Waals surface area contributed by atoms with Crippen molar-refractivity contribution in [3.8, 4) is 5.75 Å². The number of benzene rings is 2. The summed E-state index contributed by atoms with van der Waals surface area (Å²) in [7, 11) is 0. The van der Waals surface area contributed by atoms with Crippen molar-refractivity contribution in [3.05, 3.63) is 72.6 Å². The van der Waals surface area contributed by atoms with Gasteiger partial charge in [-0.1, -0.05) is 30.3 Å². The first-order chi connectivity index (χ1) is 13.3. The summed E-state index contributed by atoms with van der Waals surface area (Å²) < 4.78 is 6.15. The Labute approximate surface area is 158 Å². The molecule has 0 saturated carbocycles. The maximum absolute atomic E-state index is 13.2. The van der Waals surface area contributed by atoms with Gasteiger partial charge in [0.15, 0.2) is 0 Å². The van der Waals surface area contributed by atoms with Crippen LogP contribution in [0.2, 0.25) is 0 Å². The molecule has 2 unspecified atom stereocenters. The van der Waals surface area contributed by atoms with Gasteiger partial charge in [0.2, 0.25) is 0 Å². The van der Waals surface area contributed by atoms with Crippen LogP contribution in [0.1, 0.15) is 36.0 Å². The Morgan fingerprint density at radius 3 is 2.37 bits per heavy atom.